The van der Waals surface area contributed by atoms with Crippen LogP contribution in [0.25, 0.3) is 82.8 Å². The van der Waals surface area contributed by atoms with Crippen LogP contribution in [0.3, 0.4) is 0 Å². The summed E-state index contributed by atoms with van der Waals surface area (Å²) in [5.74, 6) is 0. The zero-order valence-electron chi connectivity index (χ0n) is 31.1. The second-order valence-electron chi connectivity index (χ2n) is 14.5. The summed E-state index contributed by atoms with van der Waals surface area (Å²) in [7, 11) is 0. The van der Waals surface area contributed by atoms with Gasteiger partial charge in [-0.1, -0.05) is 164 Å². The lowest BCUT2D eigenvalue weighted by molar-refractivity contribution is 0.670. The second-order valence-corrected chi connectivity index (χ2v) is 14.5. The van der Waals surface area contributed by atoms with Crippen molar-refractivity contribution in [1.82, 2.24) is 4.57 Å². The van der Waals surface area contributed by atoms with Gasteiger partial charge in [0.05, 0.1) is 28.1 Å². The Morgan fingerprint density at radius 2 is 0.965 bits per heavy atom. The molecule has 0 fully saturated rings. The number of aromatic nitrogens is 1. The molecule has 0 saturated carbocycles. The van der Waals surface area contributed by atoms with Gasteiger partial charge >= 0.3 is 0 Å². The summed E-state index contributed by atoms with van der Waals surface area (Å²) in [4.78, 5) is 2.42. The molecule has 0 saturated heterocycles. The van der Waals surface area contributed by atoms with Gasteiger partial charge in [-0.25, -0.2) is 0 Å². The fraction of sp³-hybridized carbons (Fsp3) is 0. The summed E-state index contributed by atoms with van der Waals surface area (Å²) in [6.45, 7) is 0. The molecule has 57 heavy (non-hydrogen) atoms. The summed E-state index contributed by atoms with van der Waals surface area (Å²) in [5.41, 5.74) is 15.3. The maximum Gasteiger partial charge on any atom is 0.143 e. The van der Waals surface area contributed by atoms with Gasteiger partial charge < -0.3 is 13.9 Å². The number of anilines is 3. The summed E-state index contributed by atoms with van der Waals surface area (Å²) in [5, 5.41) is 4.60. The predicted molar refractivity (Wildman–Crippen MR) is 239 cm³/mol. The van der Waals surface area contributed by atoms with E-state index in [1.165, 1.54) is 33.0 Å². The zero-order valence-corrected chi connectivity index (χ0v) is 31.1. The molecule has 0 atom stereocenters. The summed E-state index contributed by atoms with van der Waals surface area (Å²) in [6, 6.07) is 78.1. The van der Waals surface area contributed by atoms with Crippen molar-refractivity contribution in [2.24, 2.45) is 0 Å². The molecule has 0 amide bonds. The van der Waals surface area contributed by atoms with E-state index < -0.39 is 0 Å². The van der Waals surface area contributed by atoms with Crippen LogP contribution < -0.4 is 4.90 Å². The van der Waals surface area contributed by atoms with Crippen molar-refractivity contribution in [2.45, 2.75) is 0 Å². The number of fused-ring (bicyclic) bond motifs is 6. The van der Waals surface area contributed by atoms with Gasteiger partial charge in [-0.15, -0.1) is 0 Å². The Morgan fingerprint density at radius 3 is 1.79 bits per heavy atom. The molecule has 0 radical (unpaired) electrons. The number of furan rings is 1. The third kappa shape index (κ3) is 5.43. The number of para-hydroxylation sites is 5. The van der Waals surface area contributed by atoms with Crippen LogP contribution in [-0.4, -0.2) is 4.57 Å². The van der Waals surface area contributed by atoms with Gasteiger partial charge in [0.25, 0.3) is 0 Å². The Bertz CT molecular complexity index is 3230. The van der Waals surface area contributed by atoms with Gasteiger partial charge in [-0.3, -0.25) is 0 Å². The molecule has 268 valence electrons. The standard InChI is InChI=1S/C54H36N2O/c1-4-18-37(19-5-1)39-34-35-49(46(36-39)38-20-6-2-7-21-38)56-48-30-14-11-26-45(48)53-50(31-17-32-51(53)56)55(40-22-8-3-9-23-40)47-29-13-10-24-41(47)43-27-16-28-44-42-25-12-15-33-52(42)57-54(43)44/h1-36H. The molecule has 0 spiro atoms. The van der Waals surface area contributed by atoms with Crippen molar-refractivity contribution in [1.29, 1.82) is 0 Å². The van der Waals surface area contributed by atoms with Gasteiger partial charge in [-0.2, -0.15) is 0 Å². The van der Waals surface area contributed by atoms with Crippen LogP contribution in [-0.2, 0) is 0 Å². The summed E-state index contributed by atoms with van der Waals surface area (Å²) < 4.78 is 9.08. The van der Waals surface area contributed by atoms with Crippen LogP contribution >= 0.6 is 0 Å². The van der Waals surface area contributed by atoms with E-state index in [-0.39, 0.29) is 0 Å². The van der Waals surface area contributed by atoms with Crippen molar-refractivity contribution in [3.63, 3.8) is 0 Å². The number of rotatable bonds is 7. The Morgan fingerprint density at radius 1 is 0.368 bits per heavy atom. The zero-order chi connectivity index (χ0) is 37.7. The molecule has 9 aromatic carbocycles. The SMILES string of the molecule is c1ccc(-c2ccc(-n3c4ccccc4c4c(N(c5ccccc5)c5ccccc5-c5cccc6c5oc5ccccc56)cccc43)c(-c3ccccc3)c2)cc1. The Labute approximate surface area is 330 Å². The molecule has 3 heteroatoms. The first-order valence-electron chi connectivity index (χ1n) is 19.4. The molecule has 11 rings (SSSR count). The Kier molecular flexibility index (Phi) is 7.82. The first-order valence-corrected chi connectivity index (χ1v) is 19.4. The summed E-state index contributed by atoms with van der Waals surface area (Å²) in [6.07, 6.45) is 0. The maximum atomic E-state index is 6.63. The van der Waals surface area contributed by atoms with Gasteiger partial charge in [0.1, 0.15) is 11.2 Å². The third-order valence-electron chi connectivity index (χ3n) is 11.2. The molecular weight excluding hydrogens is 693 g/mol. The van der Waals surface area contributed by atoms with E-state index in [9.17, 15) is 0 Å². The van der Waals surface area contributed by atoms with E-state index >= 15 is 0 Å². The molecule has 0 aliphatic rings. The molecule has 0 bridgehead atoms. The van der Waals surface area contributed by atoms with Crippen LogP contribution in [0, 0.1) is 0 Å². The van der Waals surface area contributed by atoms with E-state index in [4.69, 9.17) is 4.42 Å². The van der Waals surface area contributed by atoms with Gasteiger partial charge in [0.15, 0.2) is 0 Å². The molecular formula is C54H36N2O. The first kappa shape index (κ1) is 32.8. The predicted octanol–water partition coefficient (Wildman–Crippen LogP) is 15.2. The number of hydrogen-bond acceptors (Lipinski definition) is 2. The minimum Gasteiger partial charge on any atom is -0.455 e. The first-order chi connectivity index (χ1) is 28.3. The highest BCUT2D eigenvalue weighted by Crippen LogP contribution is 2.48. The Balaban J connectivity index is 1.19. The van der Waals surface area contributed by atoms with Crippen molar-refractivity contribution < 1.29 is 4.42 Å². The second kappa shape index (κ2) is 13.6. The lowest BCUT2D eigenvalue weighted by Gasteiger charge is -2.28. The quantitative estimate of drug-likeness (QED) is 0.163. The van der Waals surface area contributed by atoms with Crippen LogP contribution in [0.4, 0.5) is 17.1 Å². The molecule has 2 heterocycles. The highest BCUT2D eigenvalue weighted by Gasteiger charge is 2.25. The van der Waals surface area contributed by atoms with Crippen LogP contribution in [0.15, 0.2) is 223 Å². The van der Waals surface area contributed by atoms with E-state index in [0.29, 0.717) is 0 Å². The molecule has 0 aliphatic carbocycles. The third-order valence-corrected chi connectivity index (χ3v) is 11.2. The monoisotopic (exact) mass is 728 g/mol. The van der Waals surface area contributed by atoms with Crippen molar-refractivity contribution >= 4 is 60.8 Å². The van der Waals surface area contributed by atoms with Crippen molar-refractivity contribution in [2.75, 3.05) is 4.90 Å². The highest BCUT2D eigenvalue weighted by atomic mass is 16.3. The van der Waals surface area contributed by atoms with E-state index in [0.717, 1.165) is 66.8 Å². The normalized spacial score (nSPS) is 11.5. The molecule has 2 aromatic heterocycles. The highest BCUT2D eigenvalue weighted by molar-refractivity contribution is 6.18. The largest absolute Gasteiger partial charge is 0.455 e. The summed E-state index contributed by atoms with van der Waals surface area (Å²) >= 11 is 0. The number of hydrogen-bond donors (Lipinski definition) is 0. The molecule has 0 aliphatic heterocycles. The lowest BCUT2D eigenvalue weighted by Crippen LogP contribution is -2.11. The fourth-order valence-corrected chi connectivity index (χ4v) is 8.68. The van der Waals surface area contributed by atoms with Crippen molar-refractivity contribution in [3.8, 4) is 39.1 Å². The van der Waals surface area contributed by atoms with Gasteiger partial charge in [0, 0.05) is 43.9 Å². The Hall–Kier alpha value is -7.62. The number of benzene rings is 9. The minimum absolute atomic E-state index is 0.890. The van der Waals surface area contributed by atoms with Crippen LogP contribution in [0.2, 0.25) is 0 Å². The molecule has 3 nitrogen and oxygen atoms in total. The smallest absolute Gasteiger partial charge is 0.143 e. The average molecular weight is 729 g/mol. The van der Waals surface area contributed by atoms with Crippen molar-refractivity contribution in [3.05, 3.63) is 218 Å². The average Bonchev–Trinajstić information content (AvgIpc) is 3.84. The molecule has 0 unspecified atom stereocenters. The topological polar surface area (TPSA) is 21.3 Å². The minimum atomic E-state index is 0.890. The maximum absolute atomic E-state index is 6.63. The van der Waals surface area contributed by atoms with E-state index in [1.807, 2.05) is 6.07 Å². The molecule has 11 aromatic rings. The van der Waals surface area contributed by atoms with Gasteiger partial charge in [-0.05, 0) is 71.3 Å². The van der Waals surface area contributed by atoms with E-state index in [1.54, 1.807) is 0 Å². The number of nitrogens with zero attached hydrogens (tertiary/aromatic N) is 2. The van der Waals surface area contributed by atoms with Crippen LogP contribution in [0.1, 0.15) is 0 Å². The van der Waals surface area contributed by atoms with Crippen LogP contribution in [0.5, 0.6) is 0 Å². The molecule has 0 N–H and O–H groups in total. The van der Waals surface area contributed by atoms with Gasteiger partial charge in [0.2, 0.25) is 0 Å². The fourth-order valence-electron chi connectivity index (χ4n) is 8.68. The lowest BCUT2D eigenvalue weighted by atomic mass is 9.97. The van der Waals surface area contributed by atoms with E-state index in [2.05, 4.69) is 222 Å².